The first kappa shape index (κ1) is 13.7. The number of aromatic nitrogens is 2. The van der Waals surface area contributed by atoms with Crippen LogP contribution in [0.2, 0.25) is 5.02 Å². The van der Waals surface area contributed by atoms with Crippen LogP contribution in [-0.4, -0.2) is 9.78 Å². The standard InChI is InChI=1S/C17H16ClN3/c1-12-2-4-13(5-3-12)10-21-11-16(19)17(20-21)14-6-8-15(18)9-7-14/h2-9,11H,10,19H2,1H3. The van der Waals surface area contributed by atoms with E-state index in [1.165, 1.54) is 11.1 Å². The van der Waals surface area contributed by atoms with Gasteiger partial charge in [-0.05, 0) is 24.6 Å². The third-order valence-corrected chi connectivity index (χ3v) is 3.62. The van der Waals surface area contributed by atoms with Gasteiger partial charge in [0, 0.05) is 16.8 Å². The van der Waals surface area contributed by atoms with E-state index in [2.05, 4.69) is 36.3 Å². The van der Waals surface area contributed by atoms with Crippen molar-refractivity contribution in [3.8, 4) is 11.3 Å². The third kappa shape index (κ3) is 3.09. The molecule has 3 rings (SSSR count). The number of hydrogen-bond acceptors (Lipinski definition) is 2. The largest absolute Gasteiger partial charge is 0.396 e. The summed E-state index contributed by atoms with van der Waals surface area (Å²) in [4.78, 5) is 0. The number of anilines is 1. The van der Waals surface area contributed by atoms with E-state index >= 15 is 0 Å². The minimum absolute atomic E-state index is 0.671. The summed E-state index contributed by atoms with van der Waals surface area (Å²) < 4.78 is 1.87. The molecular formula is C17H16ClN3. The van der Waals surface area contributed by atoms with Crippen molar-refractivity contribution in [3.63, 3.8) is 0 Å². The Morgan fingerprint density at radius 1 is 1.05 bits per heavy atom. The van der Waals surface area contributed by atoms with Crippen LogP contribution in [0.1, 0.15) is 11.1 Å². The molecule has 0 aliphatic carbocycles. The second-order valence-corrected chi connectivity index (χ2v) is 5.56. The zero-order valence-electron chi connectivity index (χ0n) is 11.8. The quantitative estimate of drug-likeness (QED) is 0.789. The third-order valence-electron chi connectivity index (χ3n) is 3.37. The first-order valence-electron chi connectivity index (χ1n) is 6.76. The topological polar surface area (TPSA) is 43.8 Å². The fraction of sp³-hybridized carbons (Fsp3) is 0.118. The summed E-state index contributed by atoms with van der Waals surface area (Å²) in [5.41, 5.74) is 11.0. The van der Waals surface area contributed by atoms with Gasteiger partial charge >= 0.3 is 0 Å². The molecule has 0 radical (unpaired) electrons. The summed E-state index contributed by atoms with van der Waals surface area (Å²) in [6.45, 7) is 2.78. The zero-order chi connectivity index (χ0) is 14.8. The van der Waals surface area contributed by atoms with E-state index in [-0.39, 0.29) is 0 Å². The molecule has 3 aromatic rings. The lowest BCUT2D eigenvalue weighted by Gasteiger charge is -2.02. The molecule has 0 unspecified atom stereocenters. The van der Waals surface area contributed by atoms with Crippen molar-refractivity contribution in [2.24, 2.45) is 0 Å². The Morgan fingerprint density at radius 3 is 2.38 bits per heavy atom. The lowest BCUT2D eigenvalue weighted by Crippen LogP contribution is -2.00. The van der Waals surface area contributed by atoms with Crippen LogP contribution in [0.5, 0.6) is 0 Å². The molecule has 4 heteroatoms. The lowest BCUT2D eigenvalue weighted by atomic mass is 10.1. The molecule has 0 saturated carbocycles. The average Bonchev–Trinajstić information content (AvgIpc) is 2.83. The normalized spacial score (nSPS) is 10.8. The van der Waals surface area contributed by atoms with Crippen molar-refractivity contribution in [2.75, 3.05) is 5.73 Å². The van der Waals surface area contributed by atoms with Gasteiger partial charge in [0.05, 0.1) is 12.2 Å². The number of nitrogens with two attached hydrogens (primary N) is 1. The first-order valence-corrected chi connectivity index (χ1v) is 7.14. The number of nitrogen functional groups attached to an aromatic ring is 1. The Balaban J connectivity index is 1.87. The second kappa shape index (κ2) is 5.62. The number of aryl methyl sites for hydroxylation is 1. The molecular weight excluding hydrogens is 282 g/mol. The molecule has 2 aromatic carbocycles. The highest BCUT2D eigenvalue weighted by atomic mass is 35.5. The van der Waals surface area contributed by atoms with Crippen LogP contribution in [0.25, 0.3) is 11.3 Å². The number of rotatable bonds is 3. The Hall–Kier alpha value is -2.26. The molecule has 0 saturated heterocycles. The van der Waals surface area contributed by atoms with Gasteiger partial charge in [-0.15, -0.1) is 0 Å². The van der Waals surface area contributed by atoms with E-state index in [1.54, 1.807) is 0 Å². The van der Waals surface area contributed by atoms with Crippen LogP contribution in [0.4, 0.5) is 5.69 Å². The minimum Gasteiger partial charge on any atom is -0.396 e. The molecule has 0 bridgehead atoms. The van der Waals surface area contributed by atoms with Crippen LogP contribution in [0, 0.1) is 6.92 Å². The maximum atomic E-state index is 6.07. The zero-order valence-corrected chi connectivity index (χ0v) is 12.5. The van der Waals surface area contributed by atoms with Crippen molar-refractivity contribution in [1.29, 1.82) is 0 Å². The monoisotopic (exact) mass is 297 g/mol. The first-order chi connectivity index (χ1) is 10.1. The van der Waals surface area contributed by atoms with Gasteiger partial charge < -0.3 is 5.73 Å². The van der Waals surface area contributed by atoms with Crippen molar-refractivity contribution in [3.05, 3.63) is 70.9 Å². The Kier molecular flexibility index (Phi) is 3.67. The van der Waals surface area contributed by atoms with Crippen LogP contribution in [0.3, 0.4) is 0 Å². The number of halogens is 1. The molecule has 1 heterocycles. The number of hydrogen-bond donors (Lipinski definition) is 1. The average molecular weight is 298 g/mol. The van der Waals surface area contributed by atoms with Crippen LogP contribution >= 0.6 is 11.6 Å². The van der Waals surface area contributed by atoms with E-state index in [1.807, 2.05) is 35.1 Å². The van der Waals surface area contributed by atoms with Crippen LogP contribution in [0.15, 0.2) is 54.7 Å². The maximum absolute atomic E-state index is 6.07. The van der Waals surface area contributed by atoms with Crippen LogP contribution in [-0.2, 0) is 6.54 Å². The number of nitrogens with zero attached hydrogens (tertiary/aromatic N) is 2. The Bertz CT molecular complexity index is 743. The molecule has 0 fully saturated rings. The fourth-order valence-electron chi connectivity index (χ4n) is 2.23. The molecule has 0 amide bonds. The van der Waals surface area contributed by atoms with Gasteiger partial charge in [0.25, 0.3) is 0 Å². The van der Waals surface area contributed by atoms with Gasteiger partial charge in [-0.2, -0.15) is 5.10 Å². The fourth-order valence-corrected chi connectivity index (χ4v) is 2.36. The summed E-state index contributed by atoms with van der Waals surface area (Å²) in [6, 6.07) is 16.0. The van der Waals surface area contributed by atoms with Crippen molar-refractivity contribution in [1.82, 2.24) is 9.78 Å². The van der Waals surface area contributed by atoms with E-state index in [0.717, 1.165) is 11.3 Å². The molecule has 3 nitrogen and oxygen atoms in total. The van der Waals surface area contributed by atoms with E-state index in [0.29, 0.717) is 17.3 Å². The summed E-state index contributed by atoms with van der Waals surface area (Å²) in [5, 5.41) is 5.28. The SMILES string of the molecule is Cc1ccc(Cn2cc(N)c(-c3ccc(Cl)cc3)n2)cc1. The molecule has 0 atom stereocenters. The minimum atomic E-state index is 0.671. The number of benzene rings is 2. The van der Waals surface area contributed by atoms with Gasteiger partial charge in [0.2, 0.25) is 0 Å². The molecule has 0 spiro atoms. The molecule has 0 aliphatic rings. The van der Waals surface area contributed by atoms with Crippen molar-refractivity contribution >= 4 is 17.3 Å². The second-order valence-electron chi connectivity index (χ2n) is 5.12. The molecule has 21 heavy (non-hydrogen) atoms. The smallest absolute Gasteiger partial charge is 0.115 e. The van der Waals surface area contributed by atoms with Crippen molar-refractivity contribution < 1.29 is 0 Å². The summed E-state index contributed by atoms with van der Waals surface area (Å²) >= 11 is 5.91. The van der Waals surface area contributed by atoms with Gasteiger partial charge in [-0.1, -0.05) is 53.6 Å². The van der Waals surface area contributed by atoms with Crippen molar-refractivity contribution in [2.45, 2.75) is 13.5 Å². The predicted octanol–water partition coefficient (Wildman–Crippen LogP) is 4.14. The highest BCUT2D eigenvalue weighted by molar-refractivity contribution is 6.30. The Labute approximate surface area is 129 Å². The van der Waals surface area contributed by atoms with E-state index in [9.17, 15) is 0 Å². The predicted molar refractivity (Wildman–Crippen MR) is 87.4 cm³/mol. The highest BCUT2D eigenvalue weighted by Crippen LogP contribution is 2.25. The molecule has 1 aromatic heterocycles. The summed E-state index contributed by atoms with van der Waals surface area (Å²) in [6.07, 6.45) is 1.86. The summed E-state index contributed by atoms with van der Waals surface area (Å²) in [7, 11) is 0. The van der Waals surface area contributed by atoms with E-state index < -0.39 is 0 Å². The Morgan fingerprint density at radius 2 is 1.71 bits per heavy atom. The van der Waals surface area contributed by atoms with Gasteiger partial charge in [0.1, 0.15) is 5.69 Å². The van der Waals surface area contributed by atoms with Crippen LogP contribution < -0.4 is 5.73 Å². The summed E-state index contributed by atoms with van der Waals surface area (Å²) in [5.74, 6) is 0. The lowest BCUT2D eigenvalue weighted by molar-refractivity contribution is 0.689. The highest BCUT2D eigenvalue weighted by Gasteiger charge is 2.08. The maximum Gasteiger partial charge on any atom is 0.115 e. The molecule has 106 valence electrons. The van der Waals surface area contributed by atoms with E-state index in [4.69, 9.17) is 17.3 Å². The molecule has 0 aliphatic heterocycles. The van der Waals surface area contributed by atoms with Gasteiger partial charge in [0.15, 0.2) is 0 Å². The molecule has 2 N–H and O–H groups in total. The van der Waals surface area contributed by atoms with Gasteiger partial charge in [-0.25, -0.2) is 0 Å². The van der Waals surface area contributed by atoms with Gasteiger partial charge in [-0.3, -0.25) is 4.68 Å².